The molecule has 132 valence electrons. The molecule has 0 aromatic heterocycles. The Hall–Kier alpha value is -2.09. The van der Waals surface area contributed by atoms with Crippen LogP contribution in [0.15, 0.2) is 22.7 Å². The summed E-state index contributed by atoms with van der Waals surface area (Å²) in [5.41, 5.74) is -0.297. The molecule has 7 nitrogen and oxygen atoms in total. The number of esters is 1. The molecule has 0 heterocycles. The predicted molar refractivity (Wildman–Crippen MR) is 90.2 cm³/mol. The Morgan fingerprint density at radius 3 is 2.54 bits per heavy atom. The monoisotopic (exact) mass is 401 g/mol. The van der Waals surface area contributed by atoms with Crippen molar-refractivity contribution in [3.05, 3.63) is 28.2 Å². The fourth-order valence-corrected chi connectivity index (χ4v) is 2.14. The average Bonchev–Trinajstić information content (AvgIpc) is 2.50. The van der Waals surface area contributed by atoms with Crippen molar-refractivity contribution in [2.75, 3.05) is 13.7 Å². The van der Waals surface area contributed by atoms with Gasteiger partial charge >= 0.3 is 12.1 Å². The van der Waals surface area contributed by atoms with E-state index in [-0.39, 0.29) is 6.61 Å². The van der Waals surface area contributed by atoms with Crippen LogP contribution in [0.1, 0.15) is 31.1 Å². The summed E-state index contributed by atoms with van der Waals surface area (Å²) in [4.78, 5) is 34.5. The normalized spacial score (nSPS) is 12.0. The number of amides is 1. The molecule has 0 aliphatic heterocycles. The molecule has 0 aliphatic rings. The molecule has 0 saturated carbocycles. The molecule has 1 aromatic rings. The van der Waals surface area contributed by atoms with Gasteiger partial charge in [0.15, 0.2) is 12.3 Å². The van der Waals surface area contributed by atoms with Crippen molar-refractivity contribution >= 4 is 34.3 Å². The lowest BCUT2D eigenvalue weighted by atomic mass is 10.2. The van der Waals surface area contributed by atoms with E-state index in [1.54, 1.807) is 39.0 Å². The third kappa shape index (κ3) is 6.19. The molecule has 0 saturated heterocycles. The highest BCUT2D eigenvalue weighted by molar-refractivity contribution is 9.10. The zero-order valence-electron chi connectivity index (χ0n) is 13.9. The molecule has 0 fully saturated rings. The van der Waals surface area contributed by atoms with Gasteiger partial charge in [0.25, 0.3) is 0 Å². The predicted octanol–water partition coefficient (Wildman–Crippen LogP) is 2.71. The zero-order valence-corrected chi connectivity index (χ0v) is 15.5. The number of carbonyl (C=O) groups excluding carboxylic acids is 3. The zero-order chi connectivity index (χ0) is 18.3. The fourth-order valence-electron chi connectivity index (χ4n) is 1.66. The third-order valence-corrected chi connectivity index (χ3v) is 3.55. The molecule has 0 spiro atoms. The number of rotatable bonds is 6. The summed E-state index contributed by atoms with van der Waals surface area (Å²) in [6.45, 7) is 4.93. The Kier molecular flexibility index (Phi) is 7.21. The molecular weight excluding hydrogens is 382 g/mol. The minimum Gasteiger partial charge on any atom is -0.490 e. The summed E-state index contributed by atoms with van der Waals surface area (Å²) >= 11 is 3.25. The second kappa shape index (κ2) is 8.68. The Morgan fingerprint density at radius 1 is 1.33 bits per heavy atom. The van der Waals surface area contributed by atoms with Crippen molar-refractivity contribution in [3.63, 3.8) is 0 Å². The van der Waals surface area contributed by atoms with Crippen molar-refractivity contribution in [1.29, 1.82) is 0 Å². The Balaban J connectivity index is 2.79. The number of ether oxygens (including phenoxy) is 3. The highest BCUT2D eigenvalue weighted by Gasteiger charge is 2.26. The highest BCUT2D eigenvalue weighted by atomic mass is 79.9. The van der Waals surface area contributed by atoms with Crippen molar-refractivity contribution in [2.45, 2.75) is 32.4 Å². The molecule has 1 rings (SSSR count). The number of carbonyl (C=O) groups is 3. The maximum absolute atomic E-state index is 11.8. The standard InChI is InChI=1S/C16H20BrNO6/c1-16(2,3)24-15(21)18-11(14(20)22-4)9-23-12-7-5-6-10(8-19)13(12)17/h5-8,11H,9H2,1-4H3,(H,18,21)/t11-/m0/s1. The number of aldehydes is 1. The van der Waals surface area contributed by atoms with Crippen molar-refractivity contribution < 1.29 is 28.6 Å². The Morgan fingerprint density at radius 2 is 2.00 bits per heavy atom. The van der Waals surface area contributed by atoms with Gasteiger partial charge in [-0.3, -0.25) is 4.79 Å². The lowest BCUT2D eigenvalue weighted by molar-refractivity contribution is -0.143. The molecule has 0 radical (unpaired) electrons. The van der Waals surface area contributed by atoms with Crippen molar-refractivity contribution in [1.82, 2.24) is 5.32 Å². The number of hydrogen-bond acceptors (Lipinski definition) is 6. The van der Waals surface area contributed by atoms with Gasteiger partial charge in [-0.1, -0.05) is 12.1 Å². The second-order valence-corrected chi connectivity index (χ2v) is 6.60. The van der Waals surface area contributed by atoms with Gasteiger partial charge in [0.1, 0.15) is 18.0 Å². The van der Waals surface area contributed by atoms with Gasteiger partial charge < -0.3 is 19.5 Å². The van der Waals surface area contributed by atoms with Gasteiger partial charge in [-0.2, -0.15) is 0 Å². The maximum atomic E-state index is 11.8. The Labute approximate surface area is 148 Å². The SMILES string of the molecule is COC(=O)[C@H](COc1cccc(C=O)c1Br)NC(=O)OC(C)(C)C. The molecule has 1 N–H and O–H groups in total. The molecule has 1 amide bonds. The lowest BCUT2D eigenvalue weighted by Crippen LogP contribution is -2.47. The van der Waals surface area contributed by atoms with Gasteiger partial charge in [-0.15, -0.1) is 0 Å². The molecule has 0 aliphatic carbocycles. The van der Waals surface area contributed by atoms with Crippen LogP contribution in [-0.4, -0.2) is 43.7 Å². The quantitative estimate of drug-likeness (QED) is 0.581. The maximum Gasteiger partial charge on any atom is 0.408 e. The van der Waals surface area contributed by atoms with Crippen LogP contribution < -0.4 is 10.1 Å². The lowest BCUT2D eigenvalue weighted by Gasteiger charge is -2.22. The van der Waals surface area contributed by atoms with Gasteiger partial charge in [0, 0.05) is 5.56 Å². The molecule has 8 heteroatoms. The van der Waals surface area contributed by atoms with Crippen LogP contribution in [0.3, 0.4) is 0 Å². The number of benzene rings is 1. The van der Waals surface area contributed by atoms with Crippen LogP contribution in [0.2, 0.25) is 0 Å². The van der Waals surface area contributed by atoms with Crippen LogP contribution >= 0.6 is 15.9 Å². The van der Waals surface area contributed by atoms with Crippen LogP contribution in [0.5, 0.6) is 5.75 Å². The number of alkyl carbamates (subject to hydrolysis) is 1. The van der Waals surface area contributed by atoms with E-state index in [1.165, 1.54) is 7.11 Å². The van der Waals surface area contributed by atoms with E-state index >= 15 is 0 Å². The Bertz CT molecular complexity index is 611. The molecule has 0 unspecified atom stereocenters. The summed E-state index contributed by atoms with van der Waals surface area (Å²) in [7, 11) is 1.20. The molecule has 24 heavy (non-hydrogen) atoms. The molecular formula is C16H20BrNO6. The second-order valence-electron chi connectivity index (χ2n) is 5.81. The van der Waals surface area contributed by atoms with E-state index in [4.69, 9.17) is 9.47 Å². The van der Waals surface area contributed by atoms with Crippen LogP contribution in [0.4, 0.5) is 4.79 Å². The van der Waals surface area contributed by atoms with Crippen molar-refractivity contribution in [3.8, 4) is 5.75 Å². The first-order chi connectivity index (χ1) is 11.2. The molecule has 0 bridgehead atoms. The van der Waals surface area contributed by atoms with Crippen LogP contribution in [0, 0.1) is 0 Å². The molecule has 1 atom stereocenters. The van der Waals surface area contributed by atoms with E-state index in [2.05, 4.69) is 26.0 Å². The fraction of sp³-hybridized carbons (Fsp3) is 0.438. The van der Waals surface area contributed by atoms with E-state index in [0.29, 0.717) is 22.1 Å². The summed E-state index contributed by atoms with van der Waals surface area (Å²) in [6.07, 6.45) is -0.0876. The van der Waals surface area contributed by atoms with Crippen molar-refractivity contribution in [2.24, 2.45) is 0 Å². The average molecular weight is 402 g/mol. The summed E-state index contributed by atoms with van der Waals surface area (Å²) in [6, 6.07) is 3.81. The van der Waals surface area contributed by atoms with E-state index in [0.717, 1.165) is 0 Å². The minimum atomic E-state index is -1.06. The van der Waals surface area contributed by atoms with E-state index in [1.807, 2.05) is 0 Å². The van der Waals surface area contributed by atoms with Crippen LogP contribution in [0.25, 0.3) is 0 Å². The van der Waals surface area contributed by atoms with Gasteiger partial charge in [0.2, 0.25) is 0 Å². The molecule has 1 aromatic carbocycles. The first-order valence-electron chi connectivity index (χ1n) is 7.11. The minimum absolute atomic E-state index is 0.188. The van der Waals surface area contributed by atoms with E-state index < -0.39 is 23.7 Å². The number of nitrogens with one attached hydrogen (secondary N) is 1. The van der Waals surface area contributed by atoms with Gasteiger partial charge in [0.05, 0.1) is 11.6 Å². The van der Waals surface area contributed by atoms with Crippen LogP contribution in [-0.2, 0) is 14.3 Å². The number of methoxy groups -OCH3 is 1. The van der Waals surface area contributed by atoms with Gasteiger partial charge in [-0.05, 0) is 42.8 Å². The summed E-state index contributed by atoms with van der Waals surface area (Å²) in [5.74, 6) is -0.317. The van der Waals surface area contributed by atoms with Gasteiger partial charge in [-0.25, -0.2) is 9.59 Å². The largest absolute Gasteiger partial charge is 0.490 e. The third-order valence-electron chi connectivity index (χ3n) is 2.70. The van der Waals surface area contributed by atoms with E-state index in [9.17, 15) is 14.4 Å². The number of halogens is 1. The topological polar surface area (TPSA) is 90.9 Å². The summed E-state index contributed by atoms with van der Waals surface area (Å²) in [5, 5.41) is 2.40. The number of hydrogen-bond donors (Lipinski definition) is 1. The highest BCUT2D eigenvalue weighted by Crippen LogP contribution is 2.27. The summed E-state index contributed by atoms with van der Waals surface area (Å²) < 4.78 is 15.7. The smallest absolute Gasteiger partial charge is 0.408 e. The first-order valence-corrected chi connectivity index (χ1v) is 7.91. The first kappa shape index (κ1) is 20.0.